The minimum Gasteiger partial charge on any atom is -0.508 e. The van der Waals surface area contributed by atoms with Gasteiger partial charge in [-0.1, -0.05) is 18.2 Å². The van der Waals surface area contributed by atoms with E-state index in [1.54, 1.807) is 30.3 Å². The van der Waals surface area contributed by atoms with Gasteiger partial charge in [-0.05, 0) is 42.5 Å². The monoisotopic (exact) mass is 449 g/mol. The predicted octanol–water partition coefficient (Wildman–Crippen LogP) is 3.49. The van der Waals surface area contributed by atoms with E-state index in [9.17, 15) is 29.2 Å². The third kappa shape index (κ3) is 3.28. The van der Waals surface area contributed by atoms with E-state index in [0.29, 0.717) is 5.69 Å². The molecule has 10 heteroatoms. The van der Waals surface area contributed by atoms with Gasteiger partial charge in [-0.2, -0.15) is 0 Å². The van der Waals surface area contributed by atoms with Gasteiger partial charge in [0, 0.05) is 17.7 Å². The number of nitro groups is 1. The van der Waals surface area contributed by atoms with Crippen molar-refractivity contribution in [1.29, 1.82) is 0 Å². The predicted molar refractivity (Wildman–Crippen MR) is 114 cm³/mol. The zero-order chi connectivity index (χ0) is 23.3. The first-order valence-electron chi connectivity index (χ1n) is 9.98. The number of benzene rings is 3. The summed E-state index contributed by atoms with van der Waals surface area (Å²) in [5, 5.41) is 23.3. The molecule has 0 bridgehead atoms. The maximum absolute atomic E-state index is 13.5. The van der Waals surface area contributed by atoms with Crippen LogP contribution in [0.2, 0.25) is 0 Å². The van der Waals surface area contributed by atoms with Crippen molar-refractivity contribution in [2.75, 3.05) is 9.96 Å². The first kappa shape index (κ1) is 20.6. The molecule has 0 saturated carbocycles. The number of halogens is 1. The second-order valence-electron chi connectivity index (χ2n) is 7.65. The highest BCUT2D eigenvalue weighted by Crippen LogP contribution is 2.49. The maximum atomic E-state index is 13.5. The SMILES string of the molecule is O=C1C2ON(c3ccccc3)C(c3cc([N+](=O)[O-])ccc3O)C2C(=O)N1c1ccc(F)cc1. The number of rotatable bonds is 4. The molecule has 2 heterocycles. The van der Waals surface area contributed by atoms with E-state index < -0.39 is 40.6 Å². The normalized spacial score (nSPS) is 22.0. The average Bonchev–Trinajstić information content (AvgIpc) is 3.31. The van der Waals surface area contributed by atoms with E-state index in [1.165, 1.54) is 29.3 Å². The van der Waals surface area contributed by atoms with E-state index in [2.05, 4.69) is 0 Å². The number of nitro benzene ring substituents is 1. The largest absolute Gasteiger partial charge is 0.508 e. The number of aromatic hydroxyl groups is 1. The first-order valence-corrected chi connectivity index (χ1v) is 9.98. The van der Waals surface area contributed by atoms with Crippen molar-refractivity contribution in [3.8, 4) is 5.75 Å². The Bertz CT molecular complexity index is 1270. The van der Waals surface area contributed by atoms with Crippen molar-refractivity contribution >= 4 is 28.9 Å². The number of amides is 2. The number of hydroxylamine groups is 1. The molecule has 166 valence electrons. The molecule has 3 aromatic rings. The summed E-state index contributed by atoms with van der Waals surface area (Å²) >= 11 is 0. The topological polar surface area (TPSA) is 113 Å². The lowest BCUT2D eigenvalue weighted by molar-refractivity contribution is -0.385. The standard InChI is InChI=1S/C23H16FN3O6/c24-13-6-8-14(9-7-13)25-22(29)19-20(17-12-16(27(31)32)10-11-18(17)28)26(33-21(19)23(25)30)15-4-2-1-3-5-15/h1-12,19-21,28H. The number of phenolic OH excluding ortho intramolecular Hbond substituents is 1. The molecular formula is C23H16FN3O6. The van der Waals surface area contributed by atoms with Crippen LogP contribution in [0.15, 0.2) is 72.8 Å². The molecular weight excluding hydrogens is 433 g/mol. The molecule has 5 rings (SSSR count). The minimum atomic E-state index is -1.23. The fraction of sp³-hybridized carbons (Fsp3) is 0.130. The Kier molecular flexibility index (Phi) is 4.79. The maximum Gasteiger partial charge on any atom is 0.270 e. The molecule has 0 aromatic heterocycles. The third-order valence-corrected chi connectivity index (χ3v) is 5.75. The van der Waals surface area contributed by atoms with Crippen molar-refractivity contribution in [2.24, 2.45) is 5.92 Å². The van der Waals surface area contributed by atoms with Gasteiger partial charge in [0.2, 0.25) is 5.91 Å². The van der Waals surface area contributed by atoms with Crippen LogP contribution in [0.5, 0.6) is 5.75 Å². The van der Waals surface area contributed by atoms with Gasteiger partial charge >= 0.3 is 0 Å². The van der Waals surface area contributed by atoms with Crippen LogP contribution in [0, 0.1) is 21.8 Å². The van der Waals surface area contributed by atoms with Gasteiger partial charge in [-0.25, -0.2) is 14.4 Å². The number of para-hydroxylation sites is 1. The van der Waals surface area contributed by atoms with Crippen LogP contribution >= 0.6 is 0 Å². The van der Waals surface area contributed by atoms with Crippen LogP contribution in [0.1, 0.15) is 11.6 Å². The molecule has 3 aromatic carbocycles. The van der Waals surface area contributed by atoms with Crippen LogP contribution in [0.25, 0.3) is 0 Å². The molecule has 2 fully saturated rings. The number of hydrogen-bond donors (Lipinski definition) is 1. The van der Waals surface area contributed by atoms with Gasteiger partial charge in [-0.15, -0.1) is 0 Å². The van der Waals surface area contributed by atoms with Gasteiger partial charge in [0.05, 0.1) is 16.3 Å². The van der Waals surface area contributed by atoms with E-state index in [0.717, 1.165) is 23.1 Å². The van der Waals surface area contributed by atoms with Gasteiger partial charge in [0.1, 0.15) is 23.5 Å². The molecule has 2 saturated heterocycles. The van der Waals surface area contributed by atoms with Gasteiger partial charge in [0.15, 0.2) is 6.10 Å². The molecule has 0 aliphatic carbocycles. The van der Waals surface area contributed by atoms with Gasteiger partial charge in [0.25, 0.3) is 11.6 Å². The number of carbonyl (C=O) groups excluding carboxylic acids is 2. The lowest BCUT2D eigenvalue weighted by Crippen LogP contribution is -2.37. The van der Waals surface area contributed by atoms with Crippen molar-refractivity contribution < 1.29 is 28.8 Å². The number of hydrogen-bond acceptors (Lipinski definition) is 7. The Morgan fingerprint density at radius 2 is 1.64 bits per heavy atom. The Morgan fingerprint density at radius 3 is 2.30 bits per heavy atom. The molecule has 2 aliphatic heterocycles. The average molecular weight is 449 g/mol. The Hall–Kier alpha value is -4.31. The fourth-order valence-electron chi connectivity index (χ4n) is 4.27. The van der Waals surface area contributed by atoms with Crippen LogP contribution in [0.4, 0.5) is 21.5 Å². The zero-order valence-electron chi connectivity index (χ0n) is 16.9. The summed E-state index contributed by atoms with van der Waals surface area (Å²) in [6.45, 7) is 0. The van der Waals surface area contributed by atoms with Gasteiger partial charge in [-0.3, -0.25) is 24.5 Å². The third-order valence-electron chi connectivity index (χ3n) is 5.75. The number of non-ortho nitro benzene ring substituents is 1. The summed E-state index contributed by atoms with van der Waals surface area (Å²) < 4.78 is 13.4. The van der Waals surface area contributed by atoms with Crippen molar-refractivity contribution in [3.05, 3.63) is 94.3 Å². The van der Waals surface area contributed by atoms with E-state index >= 15 is 0 Å². The first-order chi connectivity index (χ1) is 15.9. The Labute approximate surface area is 186 Å². The van der Waals surface area contributed by atoms with Gasteiger partial charge < -0.3 is 5.11 Å². The molecule has 9 nitrogen and oxygen atoms in total. The summed E-state index contributed by atoms with van der Waals surface area (Å²) in [5.74, 6) is -3.17. The number of phenols is 1. The second-order valence-corrected chi connectivity index (χ2v) is 7.65. The summed E-state index contributed by atoms with van der Waals surface area (Å²) in [6.07, 6.45) is -1.23. The molecule has 0 radical (unpaired) electrons. The molecule has 33 heavy (non-hydrogen) atoms. The smallest absolute Gasteiger partial charge is 0.270 e. The number of fused-ring (bicyclic) bond motifs is 1. The Balaban J connectivity index is 1.63. The van der Waals surface area contributed by atoms with Crippen molar-refractivity contribution in [1.82, 2.24) is 0 Å². The summed E-state index contributed by atoms with van der Waals surface area (Å²) in [7, 11) is 0. The van der Waals surface area contributed by atoms with E-state index in [1.807, 2.05) is 0 Å². The summed E-state index contributed by atoms with van der Waals surface area (Å²) in [5.41, 5.74) is 0.462. The molecule has 3 unspecified atom stereocenters. The highest BCUT2D eigenvalue weighted by Gasteiger charge is 2.60. The Morgan fingerprint density at radius 1 is 0.939 bits per heavy atom. The number of imide groups is 1. The minimum absolute atomic E-state index is 0.0719. The molecule has 2 aliphatic rings. The number of nitrogens with zero attached hydrogens (tertiary/aromatic N) is 3. The van der Waals surface area contributed by atoms with E-state index in [4.69, 9.17) is 4.84 Å². The fourth-order valence-corrected chi connectivity index (χ4v) is 4.27. The molecule has 0 spiro atoms. The lowest BCUT2D eigenvalue weighted by atomic mass is 9.89. The zero-order valence-corrected chi connectivity index (χ0v) is 16.9. The van der Waals surface area contributed by atoms with Crippen LogP contribution < -0.4 is 9.96 Å². The highest BCUT2D eigenvalue weighted by molar-refractivity contribution is 6.23. The highest BCUT2D eigenvalue weighted by atomic mass is 19.1. The van der Waals surface area contributed by atoms with Crippen molar-refractivity contribution in [3.63, 3.8) is 0 Å². The number of anilines is 2. The molecule has 2 amide bonds. The summed E-state index contributed by atoms with van der Waals surface area (Å²) in [6, 6.07) is 15.9. The summed E-state index contributed by atoms with van der Waals surface area (Å²) in [4.78, 5) is 44.2. The second kappa shape index (κ2) is 7.68. The van der Waals surface area contributed by atoms with Crippen LogP contribution in [0.3, 0.4) is 0 Å². The lowest BCUT2D eigenvalue weighted by Gasteiger charge is -2.29. The molecule has 1 N–H and O–H groups in total. The molecule has 3 atom stereocenters. The quantitative estimate of drug-likeness (QED) is 0.369. The van der Waals surface area contributed by atoms with Crippen molar-refractivity contribution in [2.45, 2.75) is 12.1 Å². The number of carbonyl (C=O) groups is 2. The van der Waals surface area contributed by atoms with Crippen LogP contribution in [-0.4, -0.2) is 27.9 Å². The van der Waals surface area contributed by atoms with Crippen LogP contribution in [-0.2, 0) is 14.4 Å². The van der Waals surface area contributed by atoms with E-state index in [-0.39, 0.29) is 22.7 Å².